The van der Waals surface area contributed by atoms with E-state index < -0.39 is 18.8 Å². The van der Waals surface area contributed by atoms with Crippen LogP contribution in [0.4, 0.5) is 0 Å². The fourth-order valence-corrected chi connectivity index (χ4v) is 4.51. The van der Waals surface area contributed by atoms with Gasteiger partial charge in [0, 0.05) is 11.6 Å². The Morgan fingerprint density at radius 1 is 0.909 bits per heavy atom. The molecule has 1 aromatic carbocycles. The lowest BCUT2D eigenvalue weighted by Gasteiger charge is -2.31. The summed E-state index contributed by atoms with van der Waals surface area (Å²) in [7, 11) is -3.57. The molecular weight excluding hydrogens is 297 g/mol. The van der Waals surface area contributed by atoms with Crippen molar-refractivity contribution in [3.05, 3.63) is 36.5 Å². The molecule has 1 heterocycles. The van der Waals surface area contributed by atoms with Crippen molar-refractivity contribution in [1.29, 1.82) is 0 Å². The van der Waals surface area contributed by atoms with Crippen molar-refractivity contribution in [2.75, 3.05) is 0 Å². The number of pyridine rings is 1. The molecule has 1 aromatic heterocycles. The quantitative estimate of drug-likeness (QED) is 0.770. The number of aromatic nitrogens is 1. The summed E-state index contributed by atoms with van der Waals surface area (Å²) in [5.74, 6) is 0. The fourth-order valence-electron chi connectivity index (χ4n) is 2.15. The molecule has 0 amide bonds. The van der Waals surface area contributed by atoms with E-state index in [-0.39, 0.29) is 0 Å². The Morgan fingerprint density at radius 3 is 2.00 bits per heavy atom. The molecule has 0 unspecified atom stereocenters. The molecule has 0 saturated carbocycles. The van der Waals surface area contributed by atoms with Crippen molar-refractivity contribution < 1.29 is 13.6 Å². The van der Waals surface area contributed by atoms with Crippen LogP contribution in [0.3, 0.4) is 0 Å². The Balaban J connectivity index is 2.64. The maximum atomic E-state index is 13.6. The Labute approximate surface area is 132 Å². The highest BCUT2D eigenvalue weighted by atomic mass is 31.2. The van der Waals surface area contributed by atoms with Gasteiger partial charge < -0.3 is 0 Å². The molecular formula is C17H24NO3P. The van der Waals surface area contributed by atoms with Gasteiger partial charge >= 0.3 is 7.60 Å². The van der Waals surface area contributed by atoms with Gasteiger partial charge in [0.05, 0.1) is 11.2 Å². The summed E-state index contributed by atoms with van der Waals surface area (Å²) in [6, 6.07) is 9.57. The topological polar surface area (TPSA) is 48.4 Å². The zero-order valence-electron chi connectivity index (χ0n) is 14.1. The third kappa shape index (κ3) is 4.16. The molecule has 0 atom stereocenters. The first-order chi connectivity index (χ1) is 10.0. The molecule has 0 aliphatic rings. The molecule has 0 spiro atoms. The van der Waals surface area contributed by atoms with E-state index in [1.165, 1.54) is 0 Å². The van der Waals surface area contributed by atoms with Crippen LogP contribution in [0.2, 0.25) is 0 Å². The van der Waals surface area contributed by atoms with Crippen LogP contribution in [0.1, 0.15) is 41.5 Å². The Hall–Kier alpha value is -1.22. The normalized spacial score (nSPS) is 13.5. The number of nitrogens with zero attached hydrogens (tertiary/aromatic N) is 1. The van der Waals surface area contributed by atoms with Gasteiger partial charge in [-0.15, -0.1) is 0 Å². The highest BCUT2D eigenvalue weighted by Crippen LogP contribution is 2.53. The van der Waals surface area contributed by atoms with Crippen molar-refractivity contribution in [2.24, 2.45) is 0 Å². The van der Waals surface area contributed by atoms with Crippen molar-refractivity contribution in [2.45, 2.75) is 52.7 Å². The van der Waals surface area contributed by atoms with Gasteiger partial charge in [-0.05, 0) is 53.0 Å². The third-order valence-corrected chi connectivity index (χ3v) is 5.15. The van der Waals surface area contributed by atoms with Crippen LogP contribution in [0.25, 0.3) is 10.8 Å². The van der Waals surface area contributed by atoms with E-state index in [4.69, 9.17) is 9.05 Å². The molecule has 0 aliphatic carbocycles. The zero-order chi connectivity index (χ0) is 16.6. The first-order valence-corrected chi connectivity index (χ1v) is 8.90. The number of benzene rings is 1. The largest absolute Gasteiger partial charge is 0.381 e. The van der Waals surface area contributed by atoms with Crippen LogP contribution >= 0.6 is 7.60 Å². The molecule has 0 bridgehead atoms. The Morgan fingerprint density at radius 2 is 1.45 bits per heavy atom. The van der Waals surface area contributed by atoms with Gasteiger partial charge in [-0.3, -0.25) is 13.6 Å². The number of hydrogen-bond acceptors (Lipinski definition) is 4. The lowest BCUT2D eigenvalue weighted by atomic mass is 10.2. The smallest absolute Gasteiger partial charge is 0.298 e. The summed E-state index contributed by atoms with van der Waals surface area (Å²) in [6.07, 6.45) is 1.64. The summed E-state index contributed by atoms with van der Waals surface area (Å²) in [6.45, 7) is 11.1. The van der Waals surface area contributed by atoms with Crippen molar-refractivity contribution in [3.8, 4) is 0 Å². The number of fused-ring (bicyclic) bond motifs is 1. The third-order valence-electron chi connectivity index (χ3n) is 2.70. The van der Waals surface area contributed by atoms with Crippen LogP contribution < -0.4 is 5.44 Å². The average molecular weight is 321 g/mol. The van der Waals surface area contributed by atoms with Gasteiger partial charge in [-0.2, -0.15) is 0 Å². The minimum absolute atomic E-state index is 0.371. The van der Waals surface area contributed by atoms with E-state index in [1.54, 1.807) is 6.20 Å². The van der Waals surface area contributed by atoms with Gasteiger partial charge in [-0.1, -0.05) is 24.3 Å². The number of rotatable bonds is 3. The van der Waals surface area contributed by atoms with E-state index in [0.29, 0.717) is 5.44 Å². The molecule has 0 radical (unpaired) electrons. The summed E-state index contributed by atoms with van der Waals surface area (Å²) < 4.78 is 25.3. The van der Waals surface area contributed by atoms with Gasteiger partial charge in [0.15, 0.2) is 5.44 Å². The molecule has 4 nitrogen and oxygen atoms in total. The van der Waals surface area contributed by atoms with Crippen LogP contribution in [0, 0.1) is 0 Å². The van der Waals surface area contributed by atoms with Crippen molar-refractivity contribution in [3.63, 3.8) is 0 Å². The summed E-state index contributed by atoms with van der Waals surface area (Å²) in [4.78, 5) is 4.33. The van der Waals surface area contributed by atoms with Crippen LogP contribution in [-0.4, -0.2) is 16.2 Å². The van der Waals surface area contributed by atoms with Crippen LogP contribution in [0.15, 0.2) is 36.5 Å². The predicted molar refractivity (Wildman–Crippen MR) is 90.7 cm³/mol. The highest BCUT2D eigenvalue weighted by Gasteiger charge is 2.39. The van der Waals surface area contributed by atoms with E-state index in [9.17, 15) is 4.57 Å². The summed E-state index contributed by atoms with van der Waals surface area (Å²) >= 11 is 0. The lowest BCUT2D eigenvalue weighted by Crippen LogP contribution is -2.29. The maximum Gasteiger partial charge on any atom is 0.381 e. The van der Waals surface area contributed by atoms with Crippen molar-refractivity contribution in [1.82, 2.24) is 4.98 Å². The van der Waals surface area contributed by atoms with Crippen LogP contribution in [0.5, 0.6) is 0 Å². The summed E-state index contributed by atoms with van der Waals surface area (Å²) in [5.41, 5.74) is -0.853. The second-order valence-corrected chi connectivity index (χ2v) is 9.04. The molecule has 2 rings (SSSR count). The Bertz CT molecular complexity index is 688. The minimum Gasteiger partial charge on any atom is -0.298 e. The predicted octanol–water partition coefficient (Wildman–Crippen LogP) is 4.68. The molecule has 22 heavy (non-hydrogen) atoms. The van der Waals surface area contributed by atoms with Gasteiger partial charge in [0.25, 0.3) is 0 Å². The molecule has 2 aromatic rings. The first-order valence-electron chi connectivity index (χ1n) is 7.36. The zero-order valence-corrected chi connectivity index (χ0v) is 15.0. The molecule has 0 saturated heterocycles. The van der Waals surface area contributed by atoms with E-state index in [2.05, 4.69) is 4.98 Å². The fraction of sp³-hybridized carbons (Fsp3) is 0.471. The first kappa shape index (κ1) is 17.1. The Kier molecular flexibility index (Phi) is 4.49. The summed E-state index contributed by atoms with van der Waals surface area (Å²) in [5, 5.41) is 1.75. The standard InChI is InChI=1S/C17H24NO3P/c1-16(2,3)20-22(19,21-17(4,5)6)15-14-10-8-7-9-13(14)11-12-18-15/h7-12H,1-6H3. The molecule has 120 valence electrons. The molecule has 0 aliphatic heterocycles. The highest BCUT2D eigenvalue weighted by molar-refractivity contribution is 7.62. The van der Waals surface area contributed by atoms with Gasteiger partial charge in [-0.25, -0.2) is 4.98 Å². The van der Waals surface area contributed by atoms with Crippen molar-refractivity contribution >= 4 is 23.8 Å². The SMILES string of the molecule is CC(C)(C)OP(=O)(OC(C)(C)C)c1nccc2ccccc12. The molecule has 5 heteroatoms. The van der Waals surface area contributed by atoms with E-state index >= 15 is 0 Å². The molecule has 0 N–H and O–H groups in total. The van der Waals surface area contributed by atoms with Gasteiger partial charge in [0.2, 0.25) is 0 Å². The lowest BCUT2D eigenvalue weighted by molar-refractivity contribution is 0.0546. The average Bonchev–Trinajstić information content (AvgIpc) is 2.33. The number of hydrogen-bond donors (Lipinski definition) is 0. The minimum atomic E-state index is -3.57. The van der Waals surface area contributed by atoms with E-state index in [0.717, 1.165) is 10.8 Å². The van der Waals surface area contributed by atoms with Gasteiger partial charge in [0.1, 0.15) is 0 Å². The monoisotopic (exact) mass is 321 g/mol. The second kappa shape index (κ2) is 5.77. The van der Waals surface area contributed by atoms with Crippen LogP contribution in [-0.2, 0) is 13.6 Å². The maximum absolute atomic E-state index is 13.6. The molecule has 0 fully saturated rings. The second-order valence-electron chi connectivity index (χ2n) is 7.26. The van der Waals surface area contributed by atoms with E-state index in [1.807, 2.05) is 71.9 Å².